The fraction of sp³-hybridized carbons (Fsp3) is 0.318. The molecule has 29 heavy (non-hydrogen) atoms. The predicted molar refractivity (Wildman–Crippen MR) is 114 cm³/mol. The van der Waals surface area contributed by atoms with E-state index in [2.05, 4.69) is 0 Å². The van der Waals surface area contributed by atoms with Gasteiger partial charge in [-0.1, -0.05) is 30.3 Å². The van der Waals surface area contributed by atoms with E-state index in [1.54, 1.807) is 19.0 Å². The highest BCUT2D eigenvalue weighted by molar-refractivity contribution is 5.85. The number of nitrogens with zero attached hydrogens (tertiary/aromatic N) is 2. The minimum Gasteiger partial charge on any atom is -0.331 e. The molecule has 0 saturated carbocycles. The number of carbonyl (C=O) groups is 1. The number of rotatable bonds is 5. The van der Waals surface area contributed by atoms with Crippen LogP contribution in [0.2, 0.25) is 0 Å². The second-order valence-corrected chi connectivity index (χ2v) is 7.24. The van der Waals surface area contributed by atoms with Crippen molar-refractivity contribution in [1.82, 2.24) is 9.80 Å². The van der Waals surface area contributed by atoms with Gasteiger partial charge >= 0.3 is 6.03 Å². The Morgan fingerprint density at radius 1 is 1.17 bits per heavy atom. The summed E-state index contributed by atoms with van der Waals surface area (Å²) in [5, 5.41) is 0. The van der Waals surface area contributed by atoms with E-state index in [1.807, 2.05) is 36.4 Å². The maximum atomic E-state index is 14.5. The topological polar surface area (TPSA) is 49.6 Å². The molecule has 1 unspecified atom stereocenters. The third kappa shape index (κ3) is 4.43. The van der Waals surface area contributed by atoms with Gasteiger partial charge in [0.05, 0.1) is 5.54 Å². The van der Waals surface area contributed by atoms with Crippen LogP contribution in [0, 0.1) is 11.6 Å². The predicted octanol–water partition coefficient (Wildman–Crippen LogP) is 4.40. The highest BCUT2D eigenvalue weighted by Crippen LogP contribution is 2.44. The number of carbonyl (C=O) groups excluding carboxylic acids is 1. The van der Waals surface area contributed by atoms with Crippen LogP contribution >= 0.6 is 12.4 Å². The Morgan fingerprint density at radius 3 is 2.48 bits per heavy atom. The standard InChI is InChI=1S/C22H25F2N3O.ClH/c1-26(2)21(28)27-15-16(19-13-18(23)9-10-20(19)24)14-22(27,11-6-12-25)17-7-4-3-5-8-17;/h3-5,7-10,13-14H,6,11-12,15,25H2,1-2H3;1H. The normalized spacial score (nSPS) is 18.2. The molecular weight excluding hydrogens is 396 g/mol. The van der Waals surface area contributed by atoms with Gasteiger partial charge in [0.25, 0.3) is 0 Å². The first-order valence-electron chi connectivity index (χ1n) is 9.30. The van der Waals surface area contributed by atoms with Gasteiger partial charge in [-0.05, 0) is 54.8 Å². The average molecular weight is 422 g/mol. The maximum Gasteiger partial charge on any atom is 0.320 e. The van der Waals surface area contributed by atoms with Gasteiger partial charge in [-0.25, -0.2) is 13.6 Å². The van der Waals surface area contributed by atoms with Gasteiger partial charge in [0.1, 0.15) is 11.6 Å². The maximum absolute atomic E-state index is 14.5. The minimum absolute atomic E-state index is 0. The Morgan fingerprint density at radius 2 is 1.86 bits per heavy atom. The number of halogens is 3. The SMILES string of the molecule is CN(C)C(=O)N1CC(c2cc(F)ccc2F)=CC1(CCCN)c1ccccc1.Cl. The first kappa shape index (κ1) is 22.8. The molecule has 156 valence electrons. The van der Waals surface area contributed by atoms with Crippen molar-refractivity contribution >= 4 is 24.0 Å². The molecule has 2 amide bonds. The Labute approximate surface area is 176 Å². The average Bonchev–Trinajstić information content (AvgIpc) is 3.08. The Kier molecular flexibility index (Phi) is 7.38. The summed E-state index contributed by atoms with van der Waals surface area (Å²) in [5.74, 6) is -1.02. The summed E-state index contributed by atoms with van der Waals surface area (Å²) < 4.78 is 28.3. The van der Waals surface area contributed by atoms with Crippen LogP contribution in [0.1, 0.15) is 24.0 Å². The van der Waals surface area contributed by atoms with E-state index < -0.39 is 17.2 Å². The molecule has 0 bridgehead atoms. The summed E-state index contributed by atoms with van der Waals surface area (Å²) in [7, 11) is 3.36. The number of hydrogen-bond donors (Lipinski definition) is 1. The third-order valence-electron chi connectivity index (χ3n) is 5.15. The van der Waals surface area contributed by atoms with Gasteiger partial charge in [0.15, 0.2) is 0 Å². The smallest absolute Gasteiger partial charge is 0.320 e. The van der Waals surface area contributed by atoms with Gasteiger partial charge in [0.2, 0.25) is 0 Å². The lowest BCUT2D eigenvalue weighted by Gasteiger charge is -2.40. The third-order valence-corrected chi connectivity index (χ3v) is 5.15. The van der Waals surface area contributed by atoms with E-state index in [0.29, 0.717) is 25.0 Å². The van der Waals surface area contributed by atoms with Gasteiger partial charge < -0.3 is 15.5 Å². The lowest BCUT2D eigenvalue weighted by Crippen LogP contribution is -2.49. The molecule has 3 rings (SSSR count). The van der Waals surface area contributed by atoms with E-state index in [-0.39, 0.29) is 30.5 Å². The van der Waals surface area contributed by atoms with Gasteiger partial charge in [-0.3, -0.25) is 0 Å². The molecule has 7 heteroatoms. The van der Waals surface area contributed by atoms with Gasteiger partial charge in [-0.15, -0.1) is 12.4 Å². The number of benzene rings is 2. The molecule has 0 aromatic heterocycles. The van der Waals surface area contributed by atoms with Gasteiger partial charge in [0, 0.05) is 26.2 Å². The number of urea groups is 1. The lowest BCUT2D eigenvalue weighted by atomic mass is 9.84. The number of amides is 2. The monoisotopic (exact) mass is 421 g/mol. The number of hydrogen-bond acceptors (Lipinski definition) is 2. The van der Waals surface area contributed by atoms with Crippen molar-refractivity contribution in [3.8, 4) is 0 Å². The summed E-state index contributed by atoms with van der Waals surface area (Å²) in [4.78, 5) is 16.3. The molecule has 0 spiro atoms. The van der Waals surface area contributed by atoms with Crippen molar-refractivity contribution < 1.29 is 13.6 Å². The molecule has 1 aliphatic rings. The van der Waals surface area contributed by atoms with Crippen LogP contribution < -0.4 is 5.73 Å². The fourth-order valence-electron chi connectivity index (χ4n) is 3.80. The van der Waals surface area contributed by atoms with Crippen LogP contribution in [0.5, 0.6) is 0 Å². The molecular formula is C22H26ClF2N3O. The quantitative estimate of drug-likeness (QED) is 0.777. The zero-order valence-corrected chi connectivity index (χ0v) is 17.4. The summed E-state index contributed by atoms with van der Waals surface area (Å²) in [6, 6.07) is 12.8. The van der Waals surface area contributed by atoms with Crippen molar-refractivity contribution in [3.63, 3.8) is 0 Å². The van der Waals surface area contributed by atoms with Crippen LogP contribution in [0.3, 0.4) is 0 Å². The fourth-order valence-corrected chi connectivity index (χ4v) is 3.80. The van der Waals surface area contributed by atoms with Crippen LogP contribution in [0.15, 0.2) is 54.6 Å². The Bertz CT molecular complexity index is 889. The molecule has 2 N–H and O–H groups in total. The molecule has 0 aliphatic carbocycles. The Balaban J connectivity index is 0.00000300. The van der Waals surface area contributed by atoms with Gasteiger partial charge in [-0.2, -0.15) is 0 Å². The second kappa shape index (κ2) is 9.37. The van der Waals surface area contributed by atoms with Crippen LogP contribution in [-0.2, 0) is 5.54 Å². The van der Waals surface area contributed by atoms with Crippen molar-refractivity contribution in [3.05, 3.63) is 77.4 Å². The second-order valence-electron chi connectivity index (χ2n) is 7.24. The molecule has 1 heterocycles. The Hall–Kier alpha value is -2.44. The highest BCUT2D eigenvalue weighted by Gasteiger charge is 2.45. The van der Waals surface area contributed by atoms with Crippen molar-refractivity contribution in [2.75, 3.05) is 27.2 Å². The molecule has 1 aliphatic heterocycles. The highest BCUT2D eigenvalue weighted by atomic mass is 35.5. The molecule has 0 radical (unpaired) electrons. The summed E-state index contributed by atoms with van der Waals surface area (Å²) in [5.41, 5.74) is 6.70. The van der Waals surface area contributed by atoms with E-state index in [0.717, 1.165) is 17.7 Å². The molecule has 4 nitrogen and oxygen atoms in total. The molecule has 2 aromatic rings. The van der Waals surface area contributed by atoms with Crippen LogP contribution in [0.4, 0.5) is 13.6 Å². The summed E-state index contributed by atoms with van der Waals surface area (Å²) in [6.07, 6.45) is 3.17. The van der Waals surface area contributed by atoms with Crippen molar-refractivity contribution in [2.45, 2.75) is 18.4 Å². The van der Waals surface area contributed by atoms with Crippen molar-refractivity contribution in [1.29, 1.82) is 0 Å². The first-order chi connectivity index (χ1) is 13.4. The van der Waals surface area contributed by atoms with Crippen LogP contribution in [0.25, 0.3) is 5.57 Å². The zero-order chi connectivity index (χ0) is 20.3. The summed E-state index contributed by atoms with van der Waals surface area (Å²) in [6.45, 7) is 0.660. The van der Waals surface area contributed by atoms with E-state index >= 15 is 0 Å². The largest absolute Gasteiger partial charge is 0.331 e. The number of nitrogens with two attached hydrogens (primary N) is 1. The minimum atomic E-state index is -0.768. The van der Waals surface area contributed by atoms with Crippen LogP contribution in [-0.4, -0.2) is 43.0 Å². The van der Waals surface area contributed by atoms with E-state index in [9.17, 15) is 13.6 Å². The zero-order valence-electron chi connectivity index (χ0n) is 16.6. The van der Waals surface area contributed by atoms with E-state index in [1.165, 1.54) is 11.0 Å². The first-order valence-corrected chi connectivity index (χ1v) is 9.30. The van der Waals surface area contributed by atoms with Crippen molar-refractivity contribution in [2.24, 2.45) is 5.73 Å². The lowest BCUT2D eigenvalue weighted by molar-refractivity contribution is 0.130. The molecule has 0 fully saturated rings. The molecule has 1 atom stereocenters. The van der Waals surface area contributed by atoms with E-state index in [4.69, 9.17) is 5.73 Å². The molecule has 2 aromatic carbocycles. The summed E-state index contributed by atoms with van der Waals surface area (Å²) >= 11 is 0. The molecule has 0 saturated heterocycles.